The Labute approximate surface area is 133 Å². The van der Waals surface area contributed by atoms with Crippen molar-refractivity contribution in [3.63, 3.8) is 0 Å². The number of nitro groups is 1. The molecule has 6 heteroatoms. The lowest BCUT2D eigenvalue weighted by atomic mass is 10.1. The number of amides is 1. The SMILES string of the molecule is Cc1cc(C)c(NC(=O)c2cccc([N+](=O)[O-])c2C)c(Cl)c1. The van der Waals surface area contributed by atoms with E-state index in [0.717, 1.165) is 11.1 Å². The maximum absolute atomic E-state index is 12.4. The Kier molecular flexibility index (Phi) is 4.47. The van der Waals surface area contributed by atoms with Gasteiger partial charge in [0.1, 0.15) is 0 Å². The van der Waals surface area contributed by atoms with Crippen LogP contribution in [0.1, 0.15) is 27.0 Å². The third-order valence-corrected chi connectivity index (χ3v) is 3.71. The van der Waals surface area contributed by atoms with Gasteiger partial charge in [-0.3, -0.25) is 14.9 Å². The molecule has 0 heterocycles. The second-order valence-corrected chi connectivity index (χ2v) is 5.51. The van der Waals surface area contributed by atoms with E-state index in [4.69, 9.17) is 11.6 Å². The van der Waals surface area contributed by atoms with Gasteiger partial charge >= 0.3 is 0 Å². The standard InChI is InChI=1S/C16H15ClN2O3/c1-9-7-10(2)15(13(17)8-9)18-16(20)12-5-4-6-14(11(12)3)19(21)22/h4-8H,1-3H3,(H,18,20). The van der Waals surface area contributed by atoms with Crippen molar-refractivity contribution in [2.75, 3.05) is 5.32 Å². The average molecular weight is 319 g/mol. The fourth-order valence-electron chi connectivity index (χ4n) is 2.32. The number of nitro benzene ring substituents is 1. The molecule has 1 N–H and O–H groups in total. The lowest BCUT2D eigenvalue weighted by Gasteiger charge is -2.12. The van der Waals surface area contributed by atoms with Crippen molar-refractivity contribution in [1.82, 2.24) is 0 Å². The van der Waals surface area contributed by atoms with Crippen molar-refractivity contribution in [2.24, 2.45) is 0 Å². The Morgan fingerprint density at radius 3 is 2.50 bits per heavy atom. The summed E-state index contributed by atoms with van der Waals surface area (Å²) in [5.74, 6) is -0.421. The van der Waals surface area contributed by atoms with E-state index in [1.54, 1.807) is 19.1 Å². The number of hydrogen-bond acceptors (Lipinski definition) is 3. The van der Waals surface area contributed by atoms with E-state index in [1.807, 2.05) is 19.9 Å². The molecule has 0 saturated carbocycles. The summed E-state index contributed by atoms with van der Waals surface area (Å²) in [6, 6.07) is 8.07. The van der Waals surface area contributed by atoms with Crippen LogP contribution >= 0.6 is 11.6 Å². The van der Waals surface area contributed by atoms with Crippen molar-refractivity contribution in [2.45, 2.75) is 20.8 Å². The van der Waals surface area contributed by atoms with E-state index >= 15 is 0 Å². The highest BCUT2D eigenvalue weighted by molar-refractivity contribution is 6.34. The highest BCUT2D eigenvalue weighted by Gasteiger charge is 2.19. The second-order valence-electron chi connectivity index (χ2n) is 5.10. The van der Waals surface area contributed by atoms with Gasteiger partial charge in [-0.1, -0.05) is 23.7 Å². The highest BCUT2D eigenvalue weighted by atomic mass is 35.5. The minimum absolute atomic E-state index is 0.0839. The van der Waals surface area contributed by atoms with E-state index in [1.165, 1.54) is 12.1 Å². The number of benzene rings is 2. The molecule has 0 aliphatic carbocycles. The summed E-state index contributed by atoms with van der Waals surface area (Å²) < 4.78 is 0. The van der Waals surface area contributed by atoms with Crippen LogP contribution in [0.25, 0.3) is 0 Å². The molecule has 0 bridgehead atoms. The van der Waals surface area contributed by atoms with E-state index in [-0.39, 0.29) is 11.3 Å². The van der Waals surface area contributed by atoms with Crippen molar-refractivity contribution in [1.29, 1.82) is 0 Å². The molecule has 0 fully saturated rings. The topological polar surface area (TPSA) is 72.2 Å². The molecule has 0 aliphatic rings. The molecule has 1 amide bonds. The first-order chi connectivity index (χ1) is 10.3. The van der Waals surface area contributed by atoms with Crippen LogP contribution in [0.3, 0.4) is 0 Å². The van der Waals surface area contributed by atoms with Gasteiger partial charge in [0.25, 0.3) is 11.6 Å². The van der Waals surface area contributed by atoms with Gasteiger partial charge in [-0.2, -0.15) is 0 Å². The molecule has 0 aromatic heterocycles. The average Bonchev–Trinajstić information content (AvgIpc) is 2.42. The zero-order valence-corrected chi connectivity index (χ0v) is 13.2. The Balaban J connectivity index is 2.39. The molecule has 2 aromatic carbocycles. The van der Waals surface area contributed by atoms with Crippen molar-refractivity contribution >= 4 is 28.9 Å². The maximum Gasteiger partial charge on any atom is 0.273 e. The quantitative estimate of drug-likeness (QED) is 0.672. The third-order valence-electron chi connectivity index (χ3n) is 3.42. The second kappa shape index (κ2) is 6.15. The Morgan fingerprint density at radius 1 is 1.23 bits per heavy atom. The summed E-state index contributed by atoms with van der Waals surface area (Å²) >= 11 is 6.16. The Morgan fingerprint density at radius 2 is 1.91 bits per heavy atom. The van der Waals surface area contributed by atoms with Gasteiger partial charge in [-0.25, -0.2) is 0 Å². The molecular formula is C16H15ClN2O3. The Hall–Kier alpha value is -2.40. The summed E-state index contributed by atoms with van der Waals surface area (Å²) in [4.78, 5) is 22.9. The Bertz CT molecular complexity index is 749. The van der Waals surface area contributed by atoms with Gasteiger partial charge in [0.05, 0.1) is 15.6 Å². The number of carbonyl (C=O) groups excluding carboxylic acids is 1. The van der Waals surface area contributed by atoms with Crippen LogP contribution in [0.2, 0.25) is 5.02 Å². The smallest absolute Gasteiger partial charge is 0.273 e. The van der Waals surface area contributed by atoms with Crippen LogP contribution in [0.4, 0.5) is 11.4 Å². The summed E-state index contributed by atoms with van der Waals surface area (Å²) in [7, 11) is 0. The van der Waals surface area contributed by atoms with Crippen LogP contribution in [0.15, 0.2) is 30.3 Å². The van der Waals surface area contributed by atoms with Crippen LogP contribution < -0.4 is 5.32 Å². The number of aryl methyl sites for hydroxylation is 2. The molecule has 0 unspecified atom stereocenters. The summed E-state index contributed by atoms with van der Waals surface area (Å²) in [5.41, 5.74) is 2.84. The summed E-state index contributed by atoms with van der Waals surface area (Å²) in [6.07, 6.45) is 0. The van der Waals surface area contributed by atoms with E-state index < -0.39 is 10.8 Å². The van der Waals surface area contributed by atoms with Crippen LogP contribution in [-0.4, -0.2) is 10.8 Å². The van der Waals surface area contributed by atoms with E-state index in [0.29, 0.717) is 16.3 Å². The predicted molar refractivity (Wildman–Crippen MR) is 86.7 cm³/mol. The molecule has 0 spiro atoms. The number of rotatable bonds is 3. The first-order valence-electron chi connectivity index (χ1n) is 6.63. The molecule has 0 radical (unpaired) electrons. The van der Waals surface area contributed by atoms with Crippen LogP contribution in [0, 0.1) is 30.9 Å². The van der Waals surface area contributed by atoms with Gasteiger partial charge in [-0.05, 0) is 44.0 Å². The molecule has 2 rings (SSSR count). The molecule has 0 saturated heterocycles. The van der Waals surface area contributed by atoms with Gasteiger partial charge in [0, 0.05) is 17.2 Å². The monoisotopic (exact) mass is 318 g/mol. The molecular weight excluding hydrogens is 304 g/mol. The minimum Gasteiger partial charge on any atom is -0.320 e. The lowest BCUT2D eigenvalue weighted by molar-refractivity contribution is -0.385. The number of nitrogens with one attached hydrogen (secondary N) is 1. The van der Waals surface area contributed by atoms with E-state index in [2.05, 4.69) is 5.32 Å². The molecule has 5 nitrogen and oxygen atoms in total. The zero-order chi connectivity index (χ0) is 16.4. The first-order valence-corrected chi connectivity index (χ1v) is 7.01. The third kappa shape index (κ3) is 3.09. The molecule has 114 valence electrons. The lowest BCUT2D eigenvalue weighted by Crippen LogP contribution is -2.15. The summed E-state index contributed by atoms with van der Waals surface area (Å²) in [6.45, 7) is 5.31. The van der Waals surface area contributed by atoms with Gasteiger partial charge in [-0.15, -0.1) is 0 Å². The van der Waals surface area contributed by atoms with Gasteiger partial charge < -0.3 is 5.32 Å². The molecule has 0 aliphatic heterocycles. The number of halogens is 1. The van der Waals surface area contributed by atoms with Gasteiger partial charge in [0.15, 0.2) is 0 Å². The summed E-state index contributed by atoms with van der Waals surface area (Å²) in [5, 5.41) is 14.1. The van der Waals surface area contributed by atoms with Crippen molar-refractivity contribution in [3.05, 3.63) is 67.7 Å². The van der Waals surface area contributed by atoms with Crippen LogP contribution in [0.5, 0.6) is 0 Å². The van der Waals surface area contributed by atoms with Gasteiger partial charge in [0.2, 0.25) is 0 Å². The predicted octanol–water partition coefficient (Wildman–Crippen LogP) is 4.43. The maximum atomic E-state index is 12.4. The molecule has 22 heavy (non-hydrogen) atoms. The first kappa shape index (κ1) is 16.0. The normalized spacial score (nSPS) is 10.4. The largest absolute Gasteiger partial charge is 0.320 e. The van der Waals surface area contributed by atoms with Crippen molar-refractivity contribution in [3.8, 4) is 0 Å². The highest BCUT2D eigenvalue weighted by Crippen LogP contribution is 2.29. The minimum atomic E-state index is -0.504. The fraction of sp³-hybridized carbons (Fsp3) is 0.188. The number of anilines is 1. The fourth-order valence-corrected chi connectivity index (χ4v) is 2.69. The van der Waals surface area contributed by atoms with E-state index in [9.17, 15) is 14.9 Å². The van der Waals surface area contributed by atoms with Crippen molar-refractivity contribution < 1.29 is 9.72 Å². The van der Waals surface area contributed by atoms with Crippen LogP contribution in [-0.2, 0) is 0 Å². The number of carbonyl (C=O) groups is 1. The number of nitrogens with zero attached hydrogens (tertiary/aromatic N) is 1. The zero-order valence-electron chi connectivity index (χ0n) is 12.4. The molecule has 0 atom stereocenters. The molecule has 2 aromatic rings. The number of hydrogen-bond donors (Lipinski definition) is 1.